The standard InChI is InChI=1S/C14H13Cl2NO4/c1-3-10-11(14(19)20-4-2)17-13(21-10)7-5-8(15)12(18)9(16)6-7/h5-6,18H,3-4H2,1-2H3. The van der Waals surface area contributed by atoms with Gasteiger partial charge in [-0.3, -0.25) is 0 Å². The first-order valence-electron chi connectivity index (χ1n) is 6.33. The minimum Gasteiger partial charge on any atom is -0.505 e. The third-order valence-electron chi connectivity index (χ3n) is 2.75. The summed E-state index contributed by atoms with van der Waals surface area (Å²) in [7, 11) is 0. The fourth-order valence-electron chi connectivity index (χ4n) is 1.76. The molecule has 21 heavy (non-hydrogen) atoms. The van der Waals surface area contributed by atoms with Crippen LogP contribution in [0.25, 0.3) is 11.5 Å². The van der Waals surface area contributed by atoms with Crippen LogP contribution in [0.15, 0.2) is 16.5 Å². The topological polar surface area (TPSA) is 72.6 Å². The largest absolute Gasteiger partial charge is 0.505 e. The Morgan fingerprint density at radius 1 is 1.33 bits per heavy atom. The minimum atomic E-state index is -0.541. The molecular weight excluding hydrogens is 317 g/mol. The average molecular weight is 330 g/mol. The lowest BCUT2D eigenvalue weighted by Crippen LogP contribution is -2.07. The normalized spacial score (nSPS) is 10.7. The van der Waals surface area contributed by atoms with Crippen molar-refractivity contribution in [2.75, 3.05) is 6.61 Å². The van der Waals surface area contributed by atoms with Gasteiger partial charge in [0.25, 0.3) is 0 Å². The maximum absolute atomic E-state index is 11.8. The molecule has 1 aromatic heterocycles. The number of hydrogen-bond acceptors (Lipinski definition) is 5. The van der Waals surface area contributed by atoms with Gasteiger partial charge in [0.15, 0.2) is 11.4 Å². The highest BCUT2D eigenvalue weighted by atomic mass is 35.5. The van der Waals surface area contributed by atoms with Crippen LogP contribution in [0, 0.1) is 0 Å². The van der Waals surface area contributed by atoms with Crippen LogP contribution in [0.2, 0.25) is 10.0 Å². The Bertz CT molecular complexity index is 659. The number of esters is 1. The summed E-state index contributed by atoms with van der Waals surface area (Å²) in [6.07, 6.45) is 0.487. The Kier molecular flexibility index (Phi) is 4.75. The van der Waals surface area contributed by atoms with Gasteiger partial charge in [0.05, 0.1) is 16.7 Å². The second-order valence-corrected chi connectivity index (χ2v) is 4.97. The Morgan fingerprint density at radius 3 is 2.48 bits per heavy atom. The maximum Gasteiger partial charge on any atom is 0.360 e. The van der Waals surface area contributed by atoms with Gasteiger partial charge in [-0.25, -0.2) is 9.78 Å². The Morgan fingerprint density at radius 2 is 1.95 bits per heavy atom. The predicted molar refractivity (Wildman–Crippen MR) is 79.0 cm³/mol. The number of phenolic OH excluding ortho intramolecular Hbond substituents is 1. The van der Waals surface area contributed by atoms with E-state index in [0.29, 0.717) is 17.7 Å². The lowest BCUT2D eigenvalue weighted by atomic mass is 10.2. The molecule has 0 atom stereocenters. The van der Waals surface area contributed by atoms with Crippen molar-refractivity contribution in [2.45, 2.75) is 20.3 Å². The molecule has 0 aliphatic heterocycles. The van der Waals surface area contributed by atoms with Crippen molar-refractivity contribution < 1.29 is 19.1 Å². The van der Waals surface area contributed by atoms with E-state index < -0.39 is 5.97 Å². The molecular formula is C14H13Cl2NO4. The quantitative estimate of drug-likeness (QED) is 0.855. The van der Waals surface area contributed by atoms with Crippen LogP contribution in [0.4, 0.5) is 0 Å². The molecule has 0 amide bonds. The number of carbonyl (C=O) groups is 1. The van der Waals surface area contributed by atoms with E-state index in [4.69, 9.17) is 32.4 Å². The van der Waals surface area contributed by atoms with Gasteiger partial charge in [-0.1, -0.05) is 30.1 Å². The molecule has 0 radical (unpaired) electrons. The molecule has 1 N–H and O–H groups in total. The highest BCUT2D eigenvalue weighted by Gasteiger charge is 2.21. The van der Waals surface area contributed by atoms with Crippen molar-refractivity contribution in [3.05, 3.63) is 33.6 Å². The van der Waals surface area contributed by atoms with Gasteiger partial charge in [0, 0.05) is 12.0 Å². The molecule has 2 rings (SSSR count). The van der Waals surface area contributed by atoms with Crippen molar-refractivity contribution in [2.24, 2.45) is 0 Å². The van der Waals surface area contributed by atoms with Crippen molar-refractivity contribution in [3.8, 4) is 17.2 Å². The number of ether oxygens (including phenoxy) is 1. The first-order chi connectivity index (χ1) is 9.97. The van der Waals surface area contributed by atoms with Crippen LogP contribution in [-0.2, 0) is 11.2 Å². The van der Waals surface area contributed by atoms with Crippen LogP contribution in [0.5, 0.6) is 5.75 Å². The fraction of sp³-hybridized carbons (Fsp3) is 0.286. The smallest absolute Gasteiger partial charge is 0.360 e. The number of rotatable bonds is 4. The zero-order valence-corrected chi connectivity index (χ0v) is 13.0. The first-order valence-corrected chi connectivity index (χ1v) is 7.08. The second-order valence-electron chi connectivity index (χ2n) is 4.15. The number of oxazole rings is 1. The highest BCUT2D eigenvalue weighted by Crippen LogP contribution is 2.36. The van der Waals surface area contributed by atoms with Gasteiger partial charge >= 0.3 is 5.97 Å². The van der Waals surface area contributed by atoms with Crippen LogP contribution in [-0.4, -0.2) is 22.7 Å². The van der Waals surface area contributed by atoms with Crippen molar-refractivity contribution in [3.63, 3.8) is 0 Å². The van der Waals surface area contributed by atoms with Gasteiger partial charge in [-0.2, -0.15) is 0 Å². The number of aromatic hydroxyl groups is 1. The molecule has 5 nitrogen and oxygen atoms in total. The number of phenols is 1. The molecule has 1 aromatic carbocycles. The maximum atomic E-state index is 11.8. The number of nitrogens with zero attached hydrogens (tertiary/aromatic N) is 1. The van der Waals surface area contributed by atoms with Crippen LogP contribution in [0.1, 0.15) is 30.1 Å². The van der Waals surface area contributed by atoms with Crippen LogP contribution >= 0.6 is 23.2 Å². The summed E-state index contributed by atoms with van der Waals surface area (Å²) in [5.41, 5.74) is 0.600. The molecule has 0 aliphatic carbocycles. The molecule has 2 aromatic rings. The van der Waals surface area contributed by atoms with E-state index in [2.05, 4.69) is 4.98 Å². The lowest BCUT2D eigenvalue weighted by Gasteiger charge is -2.02. The monoisotopic (exact) mass is 329 g/mol. The molecule has 1 heterocycles. The Balaban J connectivity index is 2.48. The third-order valence-corrected chi connectivity index (χ3v) is 3.33. The van der Waals surface area contributed by atoms with E-state index in [1.54, 1.807) is 6.92 Å². The second kappa shape index (κ2) is 6.37. The van der Waals surface area contributed by atoms with E-state index in [0.717, 1.165) is 0 Å². The number of aromatic nitrogens is 1. The molecule has 7 heteroatoms. The zero-order valence-electron chi connectivity index (χ0n) is 11.4. The molecule has 0 bridgehead atoms. The molecule has 0 saturated carbocycles. The summed E-state index contributed by atoms with van der Waals surface area (Å²) >= 11 is 11.7. The molecule has 0 spiro atoms. The summed E-state index contributed by atoms with van der Waals surface area (Å²) in [6, 6.07) is 2.92. The Labute approximate surface area is 131 Å². The van der Waals surface area contributed by atoms with Gasteiger partial charge in [0.1, 0.15) is 5.76 Å². The van der Waals surface area contributed by atoms with E-state index >= 15 is 0 Å². The highest BCUT2D eigenvalue weighted by molar-refractivity contribution is 6.37. The summed E-state index contributed by atoms with van der Waals surface area (Å²) in [5.74, 6) is -0.141. The predicted octanol–water partition coefficient (Wildman–Crippen LogP) is 4.09. The molecule has 0 fully saturated rings. The number of carbonyl (C=O) groups excluding carboxylic acids is 1. The van der Waals surface area contributed by atoms with Crippen LogP contribution < -0.4 is 0 Å². The molecule has 0 unspecified atom stereocenters. The van der Waals surface area contributed by atoms with Gasteiger partial charge in [0.2, 0.25) is 5.89 Å². The SMILES string of the molecule is CCOC(=O)c1nc(-c2cc(Cl)c(O)c(Cl)c2)oc1CC. The fourth-order valence-corrected chi connectivity index (χ4v) is 2.25. The van der Waals surface area contributed by atoms with Gasteiger partial charge in [-0.15, -0.1) is 0 Å². The summed E-state index contributed by atoms with van der Waals surface area (Å²) in [4.78, 5) is 16.0. The van der Waals surface area contributed by atoms with Crippen LogP contribution in [0.3, 0.4) is 0 Å². The molecule has 0 aliphatic rings. The zero-order chi connectivity index (χ0) is 15.6. The van der Waals surface area contributed by atoms with Crippen molar-refractivity contribution in [1.82, 2.24) is 4.98 Å². The number of hydrogen-bond donors (Lipinski definition) is 1. The minimum absolute atomic E-state index is 0.0754. The third kappa shape index (κ3) is 3.14. The summed E-state index contributed by atoms with van der Waals surface area (Å²) in [5, 5.41) is 9.70. The van der Waals surface area contributed by atoms with Gasteiger partial charge in [-0.05, 0) is 19.1 Å². The summed E-state index contributed by atoms with van der Waals surface area (Å²) < 4.78 is 10.5. The number of aryl methyl sites for hydroxylation is 1. The lowest BCUT2D eigenvalue weighted by molar-refractivity contribution is 0.0518. The summed E-state index contributed by atoms with van der Waals surface area (Å²) in [6.45, 7) is 3.80. The van der Waals surface area contributed by atoms with E-state index in [1.807, 2.05) is 6.92 Å². The average Bonchev–Trinajstić information content (AvgIpc) is 2.88. The van der Waals surface area contributed by atoms with E-state index in [1.165, 1.54) is 12.1 Å². The van der Waals surface area contributed by atoms with Crippen molar-refractivity contribution in [1.29, 1.82) is 0 Å². The van der Waals surface area contributed by atoms with Gasteiger partial charge < -0.3 is 14.3 Å². The van der Waals surface area contributed by atoms with E-state index in [9.17, 15) is 9.90 Å². The number of benzene rings is 1. The first kappa shape index (κ1) is 15.7. The Hall–Kier alpha value is -1.72. The van der Waals surface area contributed by atoms with Crippen molar-refractivity contribution >= 4 is 29.2 Å². The molecule has 0 saturated heterocycles. The number of halogens is 2. The molecule has 112 valence electrons. The van der Waals surface area contributed by atoms with E-state index in [-0.39, 0.29) is 34.0 Å².